The second kappa shape index (κ2) is 5.50. The largest absolute Gasteiger partial charge is 0.508 e. The van der Waals surface area contributed by atoms with Crippen molar-refractivity contribution in [3.63, 3.8) is 0 Å². The number of ether oxygens (including phenoxy) is 1. The predicted molar refractivity (Wildman–Crippen MR) is 65.0 cm³/mol. The SMILES string of the molecule is COCCc1nccn1Cc1ccc(O)cc1. The van der Waals surface area contributed by atoms with Gasteiger partial charge in [0.15, 0.2) is 0 Å². The monoisotopic (exact) mass is 232 g/mol. The Labute approximate surface area is 100 Å². The number of methoxy groups -OCH3 is 1. The van der Waals surface area contributed by atoms with E-state index in [4.69, 9.17) is 4.74 Å². The average Bonchev–Trinajstić information content (AvgIpc) is 2.77. The minimum atomic E-state index is 0.291. The van der Waals surface area contributed by atoms with Crippen molar-refractivity contribution in [2.45, 2.75) is 13.0 Å². The number of phenols is 1. The first-order chi connectivity index (χ1) is 8.29. The van der Waals surface area contributed by atoms with Gasteiger partial charge in [-0.05, 0) is 17.7 Å². The van der Waals surface area contributed by atoms with E-state index in [2.05, 4.69) is 9.55 Å². The van der Waals surface area contributed by atoms with Crippen molar-refractivity contribution in [3.8, 4) is 5.75 Å². The Balaban J connectivity index is 2.07. The number of aromatic hydroxyl groups is 1. The van der Waals surface area contributed by atoms with E-state index in [1.807, 2.05) is 18.3 Å². The summed E-state index contributed by atoms with van der Waals surface area (Å²) in [5, 5.41) is 9.22. The molecule has 1 aromatic heterocycles. The molecule has 0 amide bonds. The maximum atomic E-state index is 9.22. The number of phenolic OH excluding ortho intramolecular Hbond substituents is 1. The predicted octanol–water partition coefficient (Wildman–Crippen LogP) is 1.83. The third kappa shape index (κ3) is 3.07. The summed E-state index contributed by atoms with van der Waals surface area (Å²) in [5.41, 5.74) is 1.14. The normalized spacial score (nSPS) is 10.6. The molecule has 4 heteroatoms. The molecule has 0 spiro atoms. The van der Waals surface area contributed by atoms with Gasteiger partial charge in [-0.25, -0.2) is 4.98 Å². The molecule has 0 atom stereocenters. The quantitative estimate of drug-likeness (QED) is 0.855. The summed E-state index contributed by atoms with van der Waals surface area (Å²) < 4.78 is 7.14. The first-order valence-electron chi connectivity index (χ1n) is 5.56. The molecule has 17 heavy (non-hydrogen) atoms. The van der Waals surface area contributed by atoms with Crippen molar-refractivity contribution in [2.75, 3.05) is 13.7 Å². The topological polar surface area (TPSA) is 47.3 Å². The summed E-state index contributed by atoms with van der Waals surface area (Å²) in [6, 6.07) is 7.22. The van der Waals surface area contributed by atoms with Crippen molar-refractivity contribution in [3.05, 3.63) is 48.0 Å². The zero-order valence-corrected chi connectivity index (χ0v) is 9.84. The van der Waals surface area contributed by atoms with Gasteiger partial charge in [0.1, 0.15) is 11.6 Å². The standard InChI is InChI=1S/C13H16N2O2/c1-17-9-6-13-14-7-8-15(13)10-11-2-4-12(16)5-3-11/h2-5,7-8,16H,6,9-10H2,1H3. The molecule has 0 saturated carbocycles. The molecule has 0 saturated heterocycles. The van der Waals surface area contributed by atoms with Gasteiger partial charge >= 0.3 is 0 Å². The van der Waals surface area contributed by atoms with Crippen LogP contribution >= 0.6 is 0 Å². The molecule has 0 radical (unpaired) electrons. The van der Waals surface area contributed by atoms with Gasteiger partial charge in [-0.1, -0.05) is 12.1 Å². The van der Waals surface area contributed by atoms with E-state index in [1.165, 1.54) is 0 Å². The van der Waals surface area contributed by atoms with Crippen molar-refractivity contribution in [1.29, 1.82) is 0 Å². The van der Waals surface area contributed by atoms with Gasteiger partial charge in [0.05, 0.1) is 6.61 Å². The van der Waals surface area contributed by atoms with Gasteiger partial charge in [-0.3, -0.25) is 0 Å². The van der Waals surface area contributed by atoms with Gasteiger partial charge < -0.3 is 14.4 Å². The van der Waals surface area contributed by atoms with Gasteiger partial charge in [0, 0.05) is 32.5 Å². The Morgan fingerprint density at radius 1 is 1.29 bits per heavy atom. The van der Waals surface area contributed by atoms with E-state index in [0.29, 0.717) is 12.4 Å². The molecule has 90 valence electrons. The van der Waals surface area contributed by atoms with Crippen LogP contribution in [-0.2, 0) is 17.7 Å². The minimum Gasteiger partial charge on any atom is -0.508 e. The van der Waals surface area contributed by atoms with Crippen LogP contribution in [0.5, 0.6) is 5.75 Å². The lowest BCUT2D eigenvalue weighted by Crippen LogP contribution is -2.07. The Morgan fingerprint density at radius 2 is 2.06 bits per heavy atom. The molecule has 0 bridgehead atoms. The fraction of sp³-hybridized carbons (Fsp3) is 0.308. The van der Waals surface area contributed by atoms with E-state index >= 15 is 0 Å². The summed E-state index contributed by atoms with van der Waals surface area (Å²) in [5.74, 6) is 1.30. The molecule has 0 aliphatic heterocycles. The summed E-state index contributed by atoms with van der Waals surface area (Å²) in [7, 11) is 1.69. The molecule has 0 aliphatic rings. The Morgan fingerprint density at radius 3 is 2.76 bits per heavy atom. The number of hydrogen-bond acceptors (Lipinski definition) is 3. The van der Waals surface area contributed by atoms with Crippen molar-refractivity contribution in [1.82, 2.24) is 9.55 Å². The molecular formula is C13H16N2O2. The fourth-order valence-corrected chi connectivity index (χ4v) is 1.70. The third-order valence-electron chi connectivity index (χ3n) is 2.62. The van der Waals surface area contributed by atoms with E-state index < -0.39 is 0 Å². The maximum Gasteiger partial charge on any atom is 0.115 e. The summed E-state index contributed by atoms with van der Waals surface area (Å²) >= 11 is 0. The Kier molecular flexibility index (Phi) is 3.77. The van der Waals surface area contributed by atoms with Crippen LogP contribution < -0.4 is 0 Å². The summed E-state index contributed by atoms with van der Waals surface area (Å²) in [6.45, 7) is 1.44. The van der Waals surface area contributed by atoms with Crippen LogP contribution in [0.25, 0.3) is 0 Å². The fourth-order valence-electron chi connectivity index (χ4n) is 1.70. The molecule has 1 heterocycles. The van der Waals surface area contributed by atoms with E-state index in [9.17, 15) is 5.11 Å². The molecule has 0 aliphatic carbocycles. The lowest BCUT2D eigenvalue weighted by molar-refractivity contribution is 0.199. The molecule has 1 aromatic carbocycles. The third-order valence-corrected chi connectivity index (χ3v) is 2.62. The highest BCUT2D eigenvalue weighted by molar-refractivity contribution is 5.26. The number of aromatic nitrogens is 2. The highest BCUT2D eigenvalue weighted by atomic mass is 16.5. The van der Waals surface area contributed by atoms with Crippen LogP contribution in [0.3, 0.4) is 0 Å². The molecule has 0 fully saturated rings. The van der Waals surface area contributed by atoms with Crippen LogP contribution in [0.2, 0.25) is 0 Å². The van der Waals surface area contributed by atoms with Crippen molar-refractivity contribution in [2.24, 2.45) is 0 Å². The van der Waals surface area contributed by atoms with Crippen LogP contribution in [0.1, 0.15) is 11.4 Å². The summed E-state index contributed by atoms with van der Waals surface area (Å²) in [4.78, 5) is 4.30. The second-order valence-electron chi connectivity index (χ2n) is 3.88. The zero-order chi connectivity index (χ0) is 12.1. The molecule has 2 aromatic rings. The number of nitrogens with zero attached hydrogens (tertiary/aromatic N) is 2. The van der Waals surface area contributed by atoms with Gasteiger partial charge in [-0.2, -0.15) is 0 Å². The lowest BCUT2D eigenvalue weighted by Gasteiger charge is -2.07. The Bertz CT molecular complexity index is 463. The first-order valence-corrected chi connectivity index (χ1v) is 5.56. The van der Waals surface area contributed by atoms with Crippen LogP contribution in [-0.4, -0.2) is 28.4 Å². The number of rotatable bonds is 5. The number of imidazole rings is 1. The van der Waals surface area contributed by atoms with Crippen LogP contribution in [0.4, 0.5) is 0 Å². The van der Waals surface area contributed by atoms with Crippen molar-refractivity contribution < 1.29 is 9.84 Å². The lowest BCUT2D eigenvalue weighted by atomic mass is 10.2. The number of benzene rings is 1. The van der Waals surface area contributed by atoms with E-state index in [-0.39, 0.29) is 0 Å². The first kappa shape index (κ1) is 11.7. The van der Waals surface area contributed by atoms with Gasteiger partial charge in [-0.15, -0.1) is 0 Å². The maximum absolute atomic E-state index is 9.22. The van der Waals surface area contributed by atoms with E-state index in [1.54, 1.807) is 25.4 Å². The summed E-state index contributed by atoms with van der Waals surface area (Å²) in [6.07, 6.45) is 4.56. The Hall–Kier alpha value is -1.81. The minimum absolute atomic E-state index is 0.291. The molecule has 0 unspecified atom stereocenters. The van der Waals surface area contributed by atoms with Gasteiger partial charge in [0.2, 0.25) is 0 Å². The molecule has 2 rings (SSSR count). The van der Waals surface area contributed by atoms with Crippen LogP contribution in [0.15, 0.2) is 36.7 Å². The van der Waals surface area contributed by atoms with E-state index in [0.717, 1.165) is 24.4 Å². The highest BCUT2D eigenvalue weighted by Crippen LogP contribution is 2.11. The van der Waals surface area contributed by atoms with Crippen molar-refractivity contribution >= 4 is 0 Å². The van der Waals surface area contributed by atoms with Gasteiger partial charge in [0.25, 0.3) is 0 Å². The average molecular weight is 232 g/mol. The highest BCUT2D eigenvalue weighted by Gasteiger charge is 2.03. The van der Waals surface area contributed by atoms with Crippen LogP contribution in [0, 0.1) is 0 Å². The molecule has 1 N–H and O–H groups in total. The smallest absolute Gasteiger partial charge is 0.115 e. The number of hydrogen-bond donors (Lipinski definition) is 1. The zero-order valence-electron chi connectivity index (χ0n) is 9.84. The molecule has 4 nitrogen and oxygen atoms in total. The second-order valence-corrected chi connectivity index (χ2v) is 3.88. The molecular weight excluding hydrogens is 216 g/mol.